The van der Waals surface area contributed by atoms with E-state index in [1.165, 1.54) is 12.4 Å². The Hall–Kier alpha value is -0.670. The van der Waals surface area contributed by atoms with Crippen LogP contribution in [0.3, 0.4) is 0 Å². The molecule has 1 aliphatic carbocycles. The molecule has 1 aromatic rings. The van der Waals surface area contributed by atoms with Crippen molar-refractivity contribution in [1.29, 1.82) is 0 Å². The van der Waals surface area contributed by atoms with Crippen LogP contribution in [0.1, 0.15) is 27.3 Å². The number of nitrogens with one attached hydrogen (secondary N) is 1. The summed E-state index contributed by atoms with van der Waals surface area (Å²) >= 11 is 5.71. The Morgan fingerprint density at radius 1 is 1.57 bits per heavy atom. The Bertz CT molecular complexity index is 421. The minimum Gasteiger partial charge on any atom is -0.316 e. The highest BCUT2D eigenvalue weighted by molar-refractivity contribution is 6.30. The van der Waals surface area contributed by atoms with Crippen molar-refractivity contribution in [3.63, 3.8) is 0 Å². The van der Waals surface area contributed by atoms with Crippen molar-refractivity contribution in [2.75, 3.05) is 13.1 Å². The van der Waals surface area contributed by atoms with Gasteiger partial charge in [-0.2, -0.15) is 0 Å². The third-order valence-electron chi connectivity index (χ3n) is 2.88. The van der Waals surface area contributed by atoms with Gasteiger partial charge in [-0.25, -0.2) is 9.97 Å². The highest BCUT2D eigenvalue weighted by atomic mass is 35.5. The van der Waals surface area contributed by atoms with Crippen LogP contribution >= 0.6 is 11.6 Å². The molecule has 14 heavy (non-hydrogen) atoms. The number of rotatable bonds is 1. The molecular weight excluding hydrogens is 198 g/mol. The van der Waals surface area contributed by atoms with Crippen LogP contribution in [-0.4, -0.2) is 23.1 Å². The molecule has 2 aliphatic rings. The van der Waals surface area contributed by atoms with Gasteiger partial charge < -0.3 is 5.32 Å². The van der Waals surface area contributed by atoms with Crippen molar-refractivity contribution in [3.8, 4) is 0 Å². The molecule has 2 atom stereocenters. The number of hydrogen-bond acceptors (Lipinski definition) is 3. The molecule has 2 heterocycles. The first kappa shape index (κ1) is 6.75. The molecule has 1 aliphatic heterocycles. The lowest BCUT2D eigenvalue weighted by atomic mass is 9.58. The minimum atomic E-state index is -0.952. The molecule has 1 N–H and O–H groups in total. The third kappa shape index (κ3) is 1.23. The van der Waals surface area contributed by atoms with E-state index in [0.29, 0.717) is 17.3 Å². The van der Waals surface area contributed by atoms with Gasteiger partial charge in [-0.1, -0.05) is 11.6 Å². The van der Waals surface area contributed by atoms with Crippen molar-refractivity contribution < 1.29 is 2.74 Å². The second-order valence-electron chi connectivity index (χ2n) is 4.04. The molecule has 2 unspecified atom stereocenters. The Labute approximate surface area is 90.7 Å². The van der Waals surface area contributed by atoms with Gasteiger partial charge in [-0.15, -0.1) is 0 Å². The van der Waals surface area contributed by atoms with Gasteiger partial charge >= 0.3 is 0 Å². The lowest BCUT2D eigenvalue weighted by molar-refractivity contribution is 0.0330. The normalized spacial score (nSPS) is 40.8. The van der Waals surface area contributed by atoms with Gasteiger partial charge in [-0.3, -0.25) is 0 Å². The summed E-state index contributed by atoms with van der Waals surface area (Å²) in [6.45, 7) is 1.69. The zero-order valence-corrected chi connectivity index (χ0v) is 8.38. The molecular formula is C10H12ClN3. The zero-order valence-electron chi connectivity index (χ0n) is 9.63. The van der Waals surface area contributed by atoms with E-state index in [1.54, 1.807) is 0 Å². The van der Waals surface area contributed by atoms with Crippen molar-refractivity contribution in [3.05, 3.63) is 23.2 Å². The zero-order chi connectivity index (χ0) is 11.4. The monoisotopic (exact) mass is 211 g/mol. The summed E-state index contributed by atoms with van der Waals surface area (Å²) in [6.07, 6.45) is 3.22. The van der Waals surface area contributed by atoms with Crippen LogP contribution in [0.15, 0.2) is 12.4 Å². The molecule has 0 bridgehead atoms. The summed E-state index contributed by atoms with van der Waals surface area (Å²) in [4.78, 5) is 8.15. The molecule has 1 aromatic heterocycles. The van der Waals surface area contributed by atoms with Crippen molar-refractivity contribution in [2.45, 2.75) is 18.7 Å². The minimum absolute atomic E-state index is 0.00918. The number of hydrogen-bond donors (Lipinski definition) is 1. The second-order valence-corrected chi connectivity index (χ2v) is 4.47. The van der Waals surface area contributed by atoms with Crippen LogP contribution in [0.25, 0.3) is 0 Å². The summed E-state index contributed by atoms with van der Waals surface area (Å²) in [6, 6.07) is 0. The fourth-order valence-electron chi connectivity index (χ4n) is 2.01. The Morgan fingerprint density at radius 3 is 2.79 bits per heavy atom. The molecule has 0 radical (unpaired) electrons. The van der Waals surface area contributed by atoms with Gasteiger partial charge in [0.05, 0.1) is 5.02 Å². The van der Waals surface area contributed by atoms with Gasteiger partial charge in [0, 0.05) is 34.1 Å². The van der Waals surface area contributed by atoms with Gasteiger partial charge in [-0.05, 0) is 18.2 Å². The van der Waals surface area contributed by atoms with E-state index >= 15 is 0 Å². The van der Waals surface area contributed by atoms with E-state index < -0.39 is 12.3 Å². The van der Waals surface area contributed by atoms with Crippen molar-refractivity contribution in [1.82, 2.24) is 15.3 Å². The maximum absolute atomic E-state index is 8.29. The number of halogens is 1. The van der Waals surface area contributed by atoms with Gasteiger partial charge in [0.25, 0.3) is 0 Å². The van der Waals surface area contributed by atoms with Gasteiger partial charge in [0.1, 0.15) is 5.82 Å². The largest absolute Gasteiger partial charge is 0.316 e. The summed E-state index contributed by atoms with van der Waals surface area (Å²) in [5, 5.41) is 3.63. The molecule has 1 saturated carbocycles. The van der Waals surface area contributed by atoms with Crippen LogP contribution in [0, 0.1) is 5.41 Å². The standard InChI is InChI=1S/C10H12ClN3/c11-8-3-13-9(14-4-8)7-1-10(2-7)5-12-6-10/h3-4,7,12H,1-2,5-6H2/i1D,7D. The number of nitrogens with zero attached hydrogens (tertiary/aromatic N) is 2. The third-order valence-corrected chi connectivity index (χ3v) is 3.08. The number of aromatic nitrogens is 2. The Kier molecular flexibility index (Phi) is 1.40. The summed E-state index contributed by atoms with van der Waals surface area (Å²) in [5.74, 6) is -0.526. The SMILES string of the molecule is [2H]C1C2(CNC2)CC1([2H])c1ncc(Cl)cn1. The Morgan fingerprint density at radius 2 is 2.29 bits per heavy atom. The fourth-order valence-corrected chi connectivity index (χ4v) is 2.11. The molecule has 74 valence electrons. The molecule has 4 heteroatoms. The van der Waals surface area contributed by atoms with E-state index in [1.807, 2.05) is 0 Å². The highest BCUT2D eigenvalue weighted by Gasteiger charge is 2.49. The second kappa shape index (κ2) is 2.91. The molecule has 2 fully saturated rings. The van der Waals surface area contributed by atoms with E-state index in [0.717, 1.165) is 13.1 Å². The predicted molar refractivity (Wildman–Crippen MR) is 54.3 cm³/mol. The van der Waals surface area contributed by atoms with Crippen LogP contribution in [0.2, 0.25) is 5.02 Å². The lowest BCUT2D eigenvalue weighted by Gasteiger charge is -2.53. The topological polar surface area (TPSA) is 37.8 Å². The molecule has 0 aromatic carbocycles. The van der Waals surface area contributed by atoms with Crippen LogP contribution in [0.5, 0.6) is 0 Å². The first-order chi connectivity index (χ1) is 7.57. The molecule has 1 spiro atoms. The van der Waals surface area contributed by atoms with E-state index in [4.69, 9.17) is 14.3 Å². The highest BCUT2D eigenvalue weighted by Crippen LogP contribution is 2.52. The molecule has 3 nitrogen and oxygen atoms in total. The lowest BCUT2D eigenvalue weighted by Crippen LogP contribution is -2.59. The van der Waals surface area contributed by atoms with Crippen molar-refractivity contribution in [2.24, 2.45) is 5.41 Å². The Balaban J connectivity index is 1.87. The first-order valence-corrected chi connectivity index (χ1v) is 5.06. The average Bonchev–Trinajstić information content (AvgIpc) is 2.23. The maximum atomic E-state index is 8.29. The summed E-state index contributed by atoms with van der Waals surface area (Å²) in [7, 11) is 0. The van der Waals surface area contributed by atoms with Crippen LogP contribution in [0.4, 0.5) is 0 Å². The van der Waals surface area contributed by atoms with Crippen LogP contribution in [-0.2, 0) is 0 Å². The van der Waals surface area contributed by atoms with E-state index in [-0.39, 0.29) is 5.41 Å². The molecule has 0 amide bonds. The molecule has 3 rings (SSSR count). The van der Waals surface area contributed by atoms with Crippen molar-refractivity contribution >= 4 is 11.6 Å². The fraction of sp³-hybridized carbons (Fsp3) is 0.600. The smallest absolute Gasteiger partial charge is 0.131 e. The average molecular weight is 212 g/mol. The van der Waals surface area contributed by atoms with Gasteiger partial charge in [0.15, 0.2) is 0 Å². The van der Waals surface area contributed by atoms with Crippen LogP contribution < -0.4 is 5.32 Å². The molecule has 1 saturated heterocycles. The predicted octanol–water partition coefficient (Wildman–Crippen LogP) is 1.60. The maximum Gasteiger partial charge on any atom is 0.131 e. The van der Waals surface area contributed by atoms with Gasteiger partial charge in [0.2, 0.25) is 0 Å². The summed E-state index contributed by atoms with van der Waals surface area (Å²) < 4.78 is 16.4. The quantitative estimate of drug-likeness (QED) is 0.767. The van der Waals surface area contributed by atoms with E-state index in [9.17, 15) is 0 Å². The van der Waals surface area contributed by atoms with E-state index in [2.05, 4.69) is 15.3 Å². The summed E-state index contributed by atoms with van der Waals surface area (Å²) in [5.41, 5.74) is -0.00918. The first-order valence-electron chi connectivity index (χ1n) is 5.76.